The third kappa shape index (κ3) is 6.08. The van der Waals surface area contributed by atoms with Crippen molar-refractivity contribution in [3.63, 3.8) is 0 Å². The topological polar surface area (TPSA) is 109 Å². The van der Waals surface area contributed by atoms with Crippen molar-refractivity contribution in [1.29, 1.82) is 0 Å². The number of piperazine rings is 1. The molecule has 2 aromatic carbocycles. The number of ether oxygens (including phenoxy) is 2. The van der Waals surface area contributed by atoms with Gasteiger partial charge in [0.1, 0.15) is 22.9 Å². The summed E-state index contributed by atoms with van der Waals surface area (Å²) in [5.41, 5.74) is 6.42. The zero-order valence-corrected chi connectivity index (χ0v) is 21.5. The highest BCUT2D eigenvalue weighted by molar-refractivity contribution is 6.06. The Hall–Kier alpha value is -3.92. The number of fused-ring (bicyclic) bond motifs is 1. The summed E-state index contributed by atoms with van der Waals surface area (Å²) in [7, 11) is 3.70. The molecule has 1 saturated heterocycles. The van der Waals surface area contributed by atoms with Crippen molar-refractivity contribution in [3.05, 3.63) is 65.1 Å². The zero-order valence-electron chi connectivity index (χ0n) is 21.5. The average molecular weight is 512 g/mol. The molecule has 10 heteroatoms. The smallest absolute Gasteiger partial charge is 0.279 e. The van der Waals surface area contributed by atoms with Crippen molar-refractivity contribution in [1.82, 2.24) is 15.1 Å². The predicted octanol–water partition coefficient (Wildman–Crippen LogP) is 3.20. The molecule has 0 radical (unpaired) electrons. The molecule has 4 rings (SSSR count). The third-order valence-corrected chi connectivity index (χ3v) is 6.24. The first kappa shape index (κ1) is 26.2. The number of hydrogen-bond acceptors (Lipinski definition) is 6. The maximum atomic E-state index is 15.1. The minimum absolute atomic E-state index is 0. The molecule has 0 atom stereocenters. The largest absolute Gasteiger partial charge is 0.487 e. The van der Waals surface area contributed by atoms with E-state index in [-0.39, 0.29) is 35.8 Å². The molecule has 0 bridgehead atoms. The average Bonchev–Trinajstić information content (AvgIpc) is 3.18. The lowest BCUT2D eigenvalue weighted by Gasteiger charge is -2.32. The summed E-state index contributed by atoms with van der Waals surface area (Å²) in [4.78, 5) is 33.4. The number of hydrogen-bond donors (Lipinski definition) is 2. The normalized spacial score (nSPS) is 17.4. The molecule has 0 aromatic heterocycles. The van der Waals surface area contributed by atoms with Crippen LogP contribution in [0.25, 0.3) is 0 Å². The zero-order chi connectivity index (χ0) is 26.7. The summed E-state index contributed by atoms with van der Waals surface area (Å²) in [6, 6.07) is 7.26. The van der Waals surface area contributed by atoms with Gasteiger partial charge in [-0.2, -0.15) is 4.99 Å². The van der Waals surface area contributed by atoms with Crippen molar-refractivity contribution >= 4 is 17.6 Å². The minimum atomic E-state index is -0.678. The maximum Gasteiger partial charge on any atom is 0.279 e. The van der Waals surface area contributed by atoms with Crippen LogP contribution in [0.3, 0.4) is 0 Å². The van der Waals surface area contributed by atoms with Gasteiger partial charge in [0.15, 0.2) is 11.6 Å². The standard InChI is InChI=1S/C27H32FN5O4.H2/c1-27(2)16-19-22(14-18(15-23(19)37-27)25(34)31-24(29)7-8-30-3)36-21-6-5-17(13-20(21)28)26(35)33-11-9-32(4)10-12-33;/h5-8,13-15,30H,9-12,16H2,1-4H3,(H2,29,31,34);1H/b8-7-;. The fourth-order valence-corrected chi connectivity index (χ4v) is 4.27. The molecule has 3 N–H and O–H groups in total. The summed E-state index contributed by atoms with van der Waals surface area (Å²) in [6.45, 7) is 6.56. The first-order valence-electron chi connectivity index (χ1n) is 12.1. The predicted molar refractivity (Wildman–Crippen MR) is 141 cm³/mol. The van der Waals surface area contributed by atoms with Gasteiger partial charge in [-0.25, -0.2) is 4.39 Å². The number of nitrogens with two attached hydrogens (primary N) is 1. The summed E-state index contributed by atoms with van der Waals surface area (Å²) in [5.74, 6) is -0.779. The number of likely N-dealkylation sites (N-methyl/N-ethyl adjacent to an activating group) is 1. The summed E-state index contributed by atoms with van der Waals surface area (Å²) < 4.78 is 27.1. The molecule has 2 aromatic rings. The van der Waals surface area contributed by atoms with Crippen LogP contribution in [0.5, 0.6) is 17.2 Å². The molecule has 2 amide bonds. The molecule has 0 spiro atoms. The van der Waals surface area contributed by atoms with E-state index in [0.29, 0.717) is 30.8 Å². The summed E-state index contributed by atoms with van der Waals surface area (Å²) >= 11 is 0. The molecule has 37 heavy (non-hydrogen) atoms. The second kappa shape index (κ2) is 10.6. The Morgan fingerprint density at radius 3 is 2.57 bits per heavy atom. The van der Waals surface area contributed by atoms with E-state index in [9.17, 15) is 9.59 Å². The van der Waals surface area contributed by atoms with Gasteiger partial charge in [0.25, 0.3) is 11.8 Å². The number of amidine groups is 1. The van der Waals surface area contributed by atoms with Gasteiger partial charge in [0.2, 0.25) is 0 Å². The molecule has 0 unspecified atom stereocenters. The van der Waals surface area contributed by atoms with E-state index in [0.717, 1.165) is 13.1 Å². The highest BCUT2D eigenvalue weighted by atomic mass is 19.1. The molecular formula is C27H34FN5O4. The maximum absolute atomic E-state index is 15.1. The summed E-state index contributed by atoms with van der Waals surface area (Å²) in [6.07, 6.45) is 3.52. The molecule has 0 saturated carbocycles. The second-order valence-corrected chi connectivity index (χ2v) is 9.80. The van der Waals surface area contributed by atoms with Crippen LogP contribution in [-0.2, 0) is 6.42 Å². The molecule has 2 aliphatic heterocycles. The van der Waals surface area contributed by atoms with Gasteiger partial charge in [-0.1, -0.05) is 0 Å². The molecule has 9 nitrogen and oxygen atoms in total. The lowest BCUT2D eigenvalue weighted by Crippen LogP contribution is -2.47. The van der Waals surface area contributed by atoms with Crippen LogP contribution in [0.2, 0.25) is 0 Å². The number of nitrogens with zero attached hydrogens (tertiary/aromatic N) is 3. The van der Waals surface area contributed by atoms with E-state index in [2.05, 4.69) is 15.2 Å². The first-order valence-corrected chi connectivity index (χ1v) is 12.1. The molecule has 2 heterocycles. The van der Waals surface area contributed by atoms with Gasteiger partial charge >= 0.3 is 0 Å². The molecular weight excluding hydrogens is 477 g/mol. The molecule has 2 aliphatic rings. The number of halogens is 1. The summed E-state index contributed by atoms with van der Waals surface area (Å²) in [5, 5.41) is 2.77. The lowest BCUT2D eigenvalue weighted by molar-refractivity contribution is 0.0663. The fraction of sp³-hybridized carbons (Fsp3) is 0.370. The van der Waals surface area contributed by atoms with Crippen LogP contribution in [0.4, 0.5) is 4.39 Å². The number of rotatable bonds is 6. The van der Waals surface area contributed by atoms with Crippen molar-refractivity contribution in [2.24, 2.45) is 10.7 Å². The number of carbonyl (C=O) groups is 2. The van der Waals surface area contributed by atoms with E-state index >= 15 is 4.39 Å². The van der Waals surface area contributed by atoms with E-state index in [1.165, 1.54) is 24.3 Å². The Morgan fingerprint density at radius 1 is 1.16 bits per heavy atom. The number of benzene rings is 2. The Morgan fingerprint density at radius 2 is 1.89 bits per heavy atom. The van der Waals surface area contributed by atoms with Crippen LogP contribution in [0.1, 0.15) is 41.6 Å². The van der Waals surface area contributed by atoms with Crippen LogP contribution in [0, 0.1) is 5.82 Å². The molecule has 1 fully saturated rings. The number of amides is 2. The first-order chi connectivity index (χ1) is 17.6. The number of nitrogens with one attached hydrogen (secondary N) is 1. The van der Waals surface area contributed by atoms with Gasteiger partial charge in [-0.3, -0.25) is 9.59 Å². The van der Waals surface area contributed by atoms with Gasteiger partial charge < -0.3 is 30.3 Å². The Kier molecular flexibility index (Phi) is 7.49. The lowest BCUT2D eigenvalue weighted by atomic mass is 9.99. The van der Waals surface area contributed by atoms with Crippen molar-refractivity contribution in [2.75, 3.05) is 40.3 Å². The molecule has 198 valence electrons. The third-order valence-electron chi connectivity index (χ3n) is 6.24. The SMILES string of the molecule is CN/C=C\C(N)=NC(=O)c1cc(Oc2ccc(C(=O)N3CCN(C)CC3)cc2F)c2c(c1)OC(C)(C)C2.[HH]. The quantitative estimate of drug-likeness (QED) is 0.453. The minimum Gasteiger partial charge on any atom is -0.487 e. The fourth-order valence-electron chi connectivity index (χ4n) is 4.27. The van der Waals surface area contributed by atoms with Gasteiger partial charge in [-0.15, -0.1) is 0 Å². The van der Waals surface area contributed by atoms with Crippen molar-refractivity contribution in [2.45, 2.75) is 25.9 Å². The van der Waals surface area contributed by atoms with Crippen molar-refractivity contribution < 1.29 is 24.9 Å². The monoisotopic (exact) mass is 511 g/mol. The van der Waals surface area contributed by atoms with Crippen LogP contribution in [-0.4, -0.2) is 73.3 Å². The van der Waals surface area contributed by atoms with Crippen molar-refractivity contribution in [3.8, 4) is 17.2 Å². The van der Waals surface area contributed by atoms with E-state index in [4.69, 9.17) is 15.2 Å². The second-order valence-electron chi connectivity index (χ2n) is 9.80. The van der Waals surface area contributed by atoms with Crippen LogP contribution in [0.15, 0.2) is 47.6 Å². The van der Waals surface area contributed by atoms with Gasteiger partial charge in [0, 0.05) is 57.8 Å². The van der Waals surface area contributed by atoms with Gasteiger partial charge in [-0.05, 0) is 63.5 Å². The Balaban J connectivity index is 0.00000400. The van der Waals surface area contributed by atoms with E-state index in [1.54, 1.807) is 30.3 Å². The Bertz CT molecular complexity index is 1270. The molecule has 0 aliphatic carbocycles. The van der Waals surface area contributed by atoms with Crippen LogP contribution < -0.4 is 20.5 Å². The highest BCUT2D eigenvalue weighted by Gasteiger charge is 2.34. The number of aliphatic imine (C=N–C) groups is 1. The van der Waals surface area contributed by atoms with Crippen LogP contribution >= 0.6 is 0 Å². The van der Waals surface area contributed by atoms with E-state index < -0.39 is 17.3 Å². The number of carbonyl (C=O) groups excluding carboxylic acids is 2. The van der Waals surface area contributed by atoms with Gasteiger partial charge in [0.05, 0.1) is 0 Å². The highest BCUT2D eigenvalue weighted by Crippen LogP contribution is 2.43. The Labute approximate surface area is 217 Å². The van der Waals surface area contributed by atoms with E-state index in [1.807, 2.05) is 20.9 Å².